The fourth-order valence-electron chi connectivity index (χ4n) is 1.43. The number of sulfonamides is 1. The normalized spacial score (nSPS) is 15.6. The molecule has 1 aliphatic rings. The lowest BCUT2D eigenvalue weighted by Gasteiger charge is -2.31. The highest BCUT2D eigenvalue weighted by Gasteiger charge is 2.11. The molecule has 0 amide bonds. The molecule has 1 aliphatic heterocycles. The number of hydrazone groups is 1. The minimum Gasteiger partial charge on any atom is -0.758 e. The molecule has 2 rings (SSSR count). The average Bonchev–Trinajstić information content (AvgIpc) is 2.42. The molecule has 6 nitrogen and oxygen atoms in total. The van der Waals surface area contributed by atoms with Crippen molar-refractivity contribution in [3.05, 3.63) is 59.5 Å². The number of hydrogen-bond acceptors (Lipinski definition) is 5. The maximum Gasteiger partial charge on any atom is 0.276 e. The Morgan fingerprint density at radius 1 is 1.32 bits per heavy atom. The van der Waals surface area contributed by atoms with Crippen molar-refractivity contribution in [2.24, 2.45) is 5.10 Å². The molecule has 1 heterocycles. The second-order valence-electron chi connectivity index (χ2n) is 3.75. The number of nitrogens with zero attached hydrogens (tertiary/aromatic N) is 2. The van der Waals surface area contributed by atoms with E-state index >= 15 is 0 Å². The zero-order valence-corrected chi connectivity index (χ0v) is 10.7. The van der Waals surface area contributed by atoms with Gasteiger partial charge >= 0.3 is 0 Å². The predicted octanol–water partition coefficient (Wildman–Crippen LogP) is 1.20. The van der Waals surface area contributed by atoms with Crippen molar-refractivity contribution < 1.29 is 8.42 Å². The fourth-order valence-corrected chi connectivity index (χ4v) is 2.25. The Hall–Kier alpha value is -2.12. The molecule has 1 N–H and O–H groups in total. The number of hydroxylamine groups is 2. The summed E-state index contributed by atoms with van der Waals surface area (Å²) in [4.78, 5) is 2.17. The van der Waals surface area contributed by atoms with Crippen molar-refractivity contribution in [1.82, 2.24) is 9.89 Å². The van der Waals surface area contributed by atoms with E-state index in [0.717, 1.165) is 0 Å². The number of nitrogens with one attached hydrogen (secondary N) is 1. The Bertz CT molecular complexity index is 621. The first-order valence-electron chi connectivity index (χ1n) is 5.51. The number of allylic oxidation sites excluding steroid dienone is 3. The molecule has 0 unspecified atom stereocenters. The minimum absolute atomic E-state index is 0.114. The van der Waals surface area contributed by atoms with Crippen LogP contribution in [0.1, 0.15) is 0 Å². The third-order valence-electron chi connectivity index (χ3n) is 2.39. The van der Waals surface area contributed by atoms with E-state index in [1.807, 2.05) is 0 Å². The van der Waals surface area contributed by atoms with Crippen molar-refractivity contribution >= 4 is 16.2 Å². The van der Waals surface area contributed by atoms with E-state index in [4.69, 9.17) is 0 Å². The van der Waals surface area contributed by atoms with Gasteiger partial charge in [0.15, 0.2) is 0 Å². The van der Waals surface area contributed by atoms with Gasteiger partial charge in [-0.2, -0.15) is 13.5 Å². The van der Waals surface area contributed by atoms with Crippen LogP contribution >= 0.6 is 0 Å². The Kier molecular flexibility index (Phi) is 3.98. The van der Waals surface area contributed by atoms with Gasteiger partial charge in [-0.3, -0.25) is 0 Å². The van der Waals surface area contributed by atoms with Gasteiger partial charge < -0.3 is 10.3 Å². The van der Waals surface area contributed by atoms with Crippen LogP contribution in [-0.2, 0) is 10.0 Å². The van der Waals surface area contributed by atoms with Crippen molar-refractivity contribution in [2.75, 3.05) is 6.54 Å². The van der Waals surface area contributed by atoms with Crippen LogP contribution < -0.4 is 4.83 Å². The molecule has 1 aromatic rings. The second kappa shape index (κ2) is 5.68. The van der Waals surface area contributed by atoms with Crippen LogP contribution in [0.2, 0.25) is 0 Å². The predicted molar refractivity (Wildman–Crippen MR) is 72.6 cm³/mol. The Morgan fingerprint density at radius 2 is 2.05 bits per heavy atom. The summed E-state index contributed by atoms with van der Waals surface area (Å²) < 4.78 is 23.6. The average molecular weight is 278 g/mol. The highest BCUT2D eigenvalue weighted by molar-refractivity contribution is 7.89. The molecule has 0 bridgehead atoms. The highest BCUT2D eigenvalue weighted by Crippen LogP contribution is 2.08. The van der Waals surface area contributed by atoms with E-state index in [1.165, 1.54) is 18.3 Å². The minimum atomic E-state index is -3.69. The van der Waals surface area contributed by atoms with Crippen LogP contribution in [0.4, 0.5) is 0 Å². The van der Waals surface area contributed by atoms with Gasteiger partial charge in [0.2, 0.25) is 0 Å². The van der Waals surface area contributed by atoms with Crippen molar-refractivity contribution in [1.29, 1.82) is 0 Å². The maximum atomic E-state index is 11.8. The smallest absolute Gasteiger partial charge is 0.276 e. The molecular weight excluding hydrogens is 266 g/mol. The van der Waals surface area contributed by atoms with E-state index in [0.29, 0.717) is 10.8 Å². The van der Waals surface area contributed by atoms with Gasteiger partial charge in [-0.05, 0) is 18.2 Å². The molecule has 0 fully saturated rings. The molecule has 0 spiro atoms. The van der Waals surface area contributed by atoms with E-state index in [9.17, 15) is 13.6 Å². The van der Waals surface area contributed by atoms with Gasteiger partial charge in [0.25, 0.3) is 10.0 Å². The Balaban J connectivity index is 2.06. The summed E-state index contributed by atoms with van der Waals surface area (Å²) in [5.41, 5.74) is 0.290. The van der Waals surface area contributed by atoms with Gasteiger partial charge in [0.05, 0.1) is 11.1 Å². The lowest BCUT2D eigenvalue weighted by atomic mass is 10.3. The second-order valence-corrected chi connectivity index (χ2v) is 5.41. The summed E-state index contributed by atoms with van der Waals surface area (Å²) in [6, 6.07) is 7.87. The van der Waals surface area contributed by atoms with Gasteiger partial charge in [-0.15, -0.1) is 0 Å². The van der Waals surface area contributed by atoms with Crippen LogP contribution in [-0.4, -0.2) is 26.2 Å². The van der Waals surface area contributed by atoms with Crippen molar-refractivity contribution in [3.8, 4) is 0 Å². The monoisotopic (exact) mass is 278 g/mol. The first-order valence-corrected chi connectivity index (χ1v) is 6.99. The number of hydrogen-bond donors (Lipinski definition) is 1. The van der Waals surface area contributed by atoms with Crippen LogP contribution in [0.3, 0.4) is 0 Å². The lowest BCUT2D eigenvalue weighted by Crippen LogP contribution is -2.22. The summed E-state index contributed by atoms with van der Waals surface area (Å²) in [5.74, 6) is 0. The number of rotatable bonds is 4. The molecule has 100 valence electrons. The molecule has 7 heteroatoms. The molecule has 0 atom stereocenters. The molecular formula is C12H12N3O3S-. The molecule has 0 saturated heterocycles. The SMILES string of the molecule is O=S(=O)(N/N=C/C1=CC=CCN1[O-])c1ccccc1. The standard InChI is InChI=1S/C12H12N3O3S/c16-15-9-5-4-6-11(15)10-13-14-19(17,18)12-7-2-1-3-8-12/h1-8,10,14H,9H2/q-1/b13-10+. The molecule has 1 aromatic carbocycles. The first kappa shape index (κ1) is 13.3. The maximum absolute atomic E-state index is 11.8. The van der Waals surface area contributed by atoms with E-state index in [2.05, 4.69) is 9.93 Å². The van der Waals surface area contributed by atoms with Crippen LogP contribution in [0, 0.1) is 5.21 Å². The van der Waals surface area contributed by atoms with E-state index in [1.54, 1.807) is 36.4 Å². The zero-order chi connectivity index (χ0) is 13.7. The van der Waals surface area contributed by atoms with Gasteiger partial charge in [-0.25, -0.2) is 4.83 Å². The zero-order valence-electron chi connectivity index (χ0n) is 9.93. The van der Waals surface area contributed by atoms with Gasteiger partial charge in [0, 0.05) is 12.2 Å². The molecule has 0 aliphatic carbocycles. The topological polar surface area (TPSA) is 84.8 Å². The van der Waals surface area contributed by atoms with Crippen LogP contribution in [0.15, 0.2) is 64.3 Å². The summed E-state index contributed by atoms with van der Waals surface area (Å²) in [7, 11) is -3.69. The van der Waals surface area contributed by atoms with Gasteiger partial charge in [0.1, 0.15) is 0 Å². The summed E-state index contributed by atoms with van der Waals surface area (Å²) in [5, 5.41) is 15.6. The quantitative estimate of drug-likeness (QED) is 0.662. The van der Waals surface area contributed by atoms with Crippen LogP contribution in [0.5, 0.6) is 0 Å². The number of benzene rings is 1. The van der Waals surface area contributed by atoms with Gasteiger partial charge in [-0.1, -0.05) is 30.4 Å². The summed E-state index contributed by atoms with van der Waals surface area (Å²) in [6.07, 6.45) is 6.13. The largest absolute Gasteiger partial charge is 0.758 e. The lowest BCUT2D eigenvalue weighted by molar-refractivity contribution is 0.541. The van der Waals surface area contributed by atoms with Crippen molar-refractivity contribution in [3.63, 3.8) is 0 Å². The van der Waals surface area contributed by atoms with E-state index in [-0.39, 0.29) is 11.4 Å². The summed E-state index contributed by atoms with van der Waals surface area (Å²) in [6.45, 7) is 0.225. The third kappa shape index (κ3) is 3.43. The van der Waals surface area contributed by atoms with Crippen molar-refractivity contribution in [2.45, 2.75) is 4.90 Å². The first-order chi connectivity index (χ1) is 9.09. The Morgan fingerprint density at radius 3 is 2.74 bits per heavy atom. The molecule has 0 saturated carbocycles. The summed E-state index contributed by atoms with van der Waals surface area (Å²) >= 11 is 0. The van der Waals surface area contributed by atoms with E-state index < -0.39 is 10.0 Å². The molecule has 0 radical (unpaired) electrons. The van der Waals surface area contributed by atoms with Crippen LogP contribution in [0.25, 0.3) is 0 Å². The molecule has 19 heavy (non-hydrogen) atoms. The molecule has 0 aromatic heterocycles. The fraction of sp³-hybridized carbons (Fsp3) is 0.0833. The highest BCUT2D eigenvalue weighted by atomic mass is 32.2. The Labute approximate surface area is 111 Å². The third-order valence-corrected chi connectivity index (χ3v) is 3.62.